The lowest BCUT2D eigenvalue weighted by atomic mass is 10.3. The molecule has 0 aliphatic carbocycles. The smallest absolute Gasteiger partial charge is 0.311 e. The number of carbonyl (C=O) groups excluding carboxylic acids is 1. The number of aromatic nitrogens is 1. The Labute approximate surface area is 84.4 Å². The minimum Gasteiger partial charge on any atom is -0.421 e. The Morgan fingerprint density at radius 2 is 2.54 bits per heavy atom. The second kappa shape index (κ2) is 5.01. The van der Waals surface area contributed by atoms with Crippen LogP contribution >= 0.6 is 15.9 Å². The molecule has 0 amide bonds. The largest absolute Gasteiger partial charge is 0.421 e. The Kier molecular flexibility index (Phi) is 3.95. The number of halogens is 1. The van der Waals surface area contributed by atoms with E-state index in [-0.39, 0.29) is 5.97 Å². The van der Waals surface area contributed by atoms with Gasteiger partial charge in [0.05, 0.1) is 0 Å². The highest BCUT2D eigenvalue weighted by Crippen LogP contribution is 2.19. The molecule has 1 aromatic rings. The van der Waals surface area contributed by atoms with Crippen LogP contribution in [0.1, 0.15) is 19.1 Å². The molecule has 1 aromatic heterocycles. The molecule has 5 heteroatoms. The molecule has 0 fully saturated rings. The molecule has 0 radical (unpaired) electrons. The Hall–Kier alpha value is -0.840. The summed E-state index contributed by atoms with van der Waals surface area (Å²) in [5.41, 5.74) is 0. The van der Waals surface area contributed by atoms with Crippen LogP contribution in [0.25, 0.3) is 0 Å². The van der Waals surface area contributed by atoms with Crippen LogP contribution in [-0.2, 0) is 11.2 Å². The highest BCUT2D eigenvalue weighted by atomic mass is 79.9. The van der Waals surface area contributed by atoms with Crippen LogP contribution in [0.15, 0.2) is 10.7 Å². The Balaban J connectivity index is 2.64. The summed E-state index contributed by atoms with van der Waals surface area (Å²) in [5.74, 6) is 0.740. The van der Waals surface area contributed by atoms with Gasteiger partial charge in [-0.25, -0.2) is 0 Å². The first-order valence-corrected chi connectivity index (χ1v) is 5.10. The van der Waals surface area contributed by atoms with Crippen molar-refractivity contribution in [3.63, 3.8) is 0 Å². The van der Waals surface area contributed by atoms with Crippen molar-refractivity contribution in [1.29, 1.82) is 0 Å². The first-order valence-electron chi connectivity index (χ1n) is 3.98. The van der Waals surface area contributed by atoms with Gasteiger partial charge in [0, 0.05) is 18.2 Å². The van der Waals surface area contributed by atoms with Gasteiger partial charge in [-0.2, -0.15) is 0 Å². The number of rotatable bonds is 4. The normalized spacial score (nSPS) is 10.0. The minimum absolute atomic E-state index is 0.279. The second-order valence-corrected chi connectivity index (χ2v) is 3.17. The average molecular weight is 248 g/mol. The number of aryl methyl sites for hydroxylation is 1. The minimum atomic E-state index is -0.279. The van der Waals surface area contributed by atoms with E-state index in [0.29, 0.717) is 24.4 Å². The van der Waals surface area contributed by atoms with E-state index in [4.69, 9.17) is 9.26 Å². The average Bonchev–Trinajstić information content (AvgIpc) is 2.54. The van der Waals surface area contributed by atoms with Crippen molar-refractivity contribution in [2.24, 2.45) is 0 Å². The molecule has 0 aromatic carbocycles. The number of alkyl halides is 1. The van der Waals surface area contributed by atoms with Crippen molar-refractivity contribution in [2.45, 2.75) is 19.8 Å². The number of esters is 1. The third-order valence-corrected chi connectivity index (χ3v) is 1.84. The number of ether oxygens (including phenoxy) is 1. The van der Waals surface area contributed by atoms with Crippen LogP contribution in [0.3, 0.4) is 0 Å². The third kappa shape index (κ3) is 2.84. The van der Waals surface area contributed by atoms with Gasteiger partial charge >= 0.3 is 5.97 Å². The van der Waals surface area contributed by atoms with Gasteiger partial charge in [0.1, 0.15) is 6.20 Å². The van der Waals surface area contributed by atoms with Gasteiger partial charge in [-0.1, -0.05) is 28.0 Å². The van der Waals surface area contributed by atoms with Gasteiger partial charge < -0.3 is 9.26 Å². The maximum Gasteiger partial charge on any atom is 0.311 e. The van der Waals surface area contributed by atoms with Gasteiger partial charge in [0.25, 0.3) is 0 Å². The maximum absolute atomic E-state index is 10.9. The first-order chi connectivity index (χ1) is 6.27. The van der Waals surface area contributed by atoms with Crippen LogP contribution in [0.4, 0.5) is 0 Å². The molecule has 13 heavy (non-hydrogen) atoms. The molecule has 1 heterocycles. The number of hydrogen-bond acceptors (Lipinski definition) is 4. The predicted octanol–water partition coefficient (Wildman–Crippen LogP) is 1.93. The Bertz CT molecular complexity index is 285. The zero-order valence-corrected chi connectivity index (χ0v) is 8.83. The molecule has 0 aliphatic heterocycles. The highest BCUT2D eigenvalue weighted by molar-refractivity contribution is 9.09. The molecule has 1 rings (SSSR count). The molecular formula is C8H10BrNO3. The summed E-state index contributed by atoms with van der Waals surface area (Å²) < 4.78 is 9.86. The Morgan fingerprint density at radius 1 is 1.77 bits per heavy atom. The molecule has 0 bridgehead atoms. The van der Waals surface area contributed by atoms with E-state index in [2.05, 4.69) is 21.1 Å². The van der Waals surface area contributed by atoms with Gasteiger partial charge in [-0.15, -0.1) is 0 Å². The fourth-order valence-corrected chi connectivity index (χ4v) is 1.15. The van der Waals surface area contributed by atoms with E-state index in [0.717, 1.165) is 5.33 Å². The molecule has 0 saturated heterocycles. The van der Waals surface area contributed by atoms with E-state index in [9.17, 15) is 4.79 Å². The molecule has 0 saturated carbocycles. The van der Waals surface area contributed by atoms with E-state index in [1.807, 2.05) is 0 Å². The summed E-state index contributed by atoms with van der Waals surface area (Å²) >= 11 is 3.26. The lowest BCUT2D eigenvalue weighted by molar-refractivity contribution is -0.134. The van der Waals surface area contributed by atoms with Crippen molar-refractivity contribution in [1.82, 2.24) is 5.16 Å². The number of nitrogens with zero attached hydrogens (tertiary/aromatic N) is 1. The maximum atomic E-state index is 10.9. The number of hydrogen-bond donors (Lipinski definition) is 0. The fourth-order valence-electron chi connectivity index (χ4n) is 0.788. The van der Waals surface area contributed by atoms with Crippen molar-refractivity contribution >= 4 is 21.9 Å². The molecule has 72 valence electrons. The van der Waals surface area contributed by atoms with Crippen LogP contribution in [0, 0.1) is 0 Å². The monoisotopic (exact) mass is 247 g/mol. The van der Waals surface area contributed by atoms with E-state index in [1.54, 1.807) is 6.92 Å². The highest BCUT2D eigenvalue weighted by Gasteiger charge is 2.11. The Morgan fingerprint density at radius 3 is 3.15 bits per heavy atom. The fraction of sp³-hybridized carbons (Fsp3) is 0.500. The van der Waals surface area contributed by atoms with Crippen molar-refractivity contribution in [3.05, 3.63) is 12.0 Å². The molecular weight excluding hydrogens is 238 g/mol. The van der Waals surface area contributed by atoms with Crippen LogP contribution < -0.4 is 4.74 Å². The summed E-state index contributed by atoms with van der Waals surface area (Å²) in [6.45, 7) is 1.74. The van der Waals surface area contributed by atoms with E-state index < -0.39 is 0 Å². The zero-order chi connectivity index (χ0) is 9.68. The van der Waals surface area contributed by atoms with E-state index in [1.165, 1.54) is 6.20 Å². The predicted molar refractivity (Wildman–Crippen MR) is 49.9 cm³/mol. The second-order valence-electron chi connectivity index (χ2n) is 2.38. The summed E-state index contributed by atoms with van der Waals surface area (Å²) in [6.07, 6.45) is 2.41. The van der Waals surface area contributed by atoms with Gasteiger partial charge in [-0.05, 0) is 0 Å². The molecule has 4 nitrogen and oxygen atoms in total. The topological polar surface area (TPSA) is 52.3 Å². The lowest BCUT2D eigenvalue weighted by Crippen LogP contribution is -2.06. The summed E-state index contributed by atoms with van der Waals surface area (Å²) in [7, 11) is 0. The van der Waals surface area contributed by atoms with Crippen molar-refractivity contribution < 1.29 is 14.1 Å². The molecule has 0 aliphatic rings. The molecule has 0 spiro atoms. The van der Waals surface area contributed by atoms with Crippen LogP contribution in [-0.4, -0.2) is 16.5 Å². The zero-order valence-electron chi connectivity index (χ0n) is 7.25. The SMILES string of the molecule is CCC(=O)Oc1cnoc1CCBr. The lowest BCUT2D eigenvalue weighted by Gasteiger charge is -1.99. The summed E-state index contributed by atoms with van der Waals surface area (Å²) in [4.78, 5) is 10.9. The molecule has 0 atom stereocenters. The molecule has 0 unspecified atom stereocenters. The summed E-state index contributed by atoms with van der Waals surface area (Å²) in [5, 5.41) is 4.30. The first kappa shape index (κ1) is 10.2. The van der Waals surface area contributed by atoms with Gasteiger partial charge in [0.15, 0.2) is 11.5 Å². The van der Waals surface area contributed by atoms with Crippen LogP contribution in [0.5, 0.6) is 5.75 Å². The van der Waals surface area contributed by atoms with Crippen molar-refractivity contribution in [2.75, 3.05) is 5.33 Å². The number of carbonyl (C=O) groups is 1. The summed E-state index contributed by atoms with van der Waals surface area (Å²) in [6, 6.07) is 0. The van der Waals surface area contributed by atoms with Crippen LogP contribution in [0.2, 0.25) is 0 Å². The third-order valence-electron chi connectivity index (χ3n) is 1.44. The van der Waals surface area contributed by atoms with E-state index >= 15 is 0 Å². The standard InChI is InChI=1S/C8H10BrNO3/c1-2-8(11)12-7-5-10-13-6(7)3-4-9/h5H,2-4H2,1H3. The van der Waals surface area contributed by atoms with Gasteiger partial charge in [0.2, 0.25) is 0 Å². The molecule has 0 N–H and O–H groups in total. The van der Waals surface area contributed by atoms with Crippen molar-refractivity contribution in [3.8, 4) is 5.75 Å². The van der Waals surface area contributed by atoms with Gasteiger partial charge in [-0.3, -0.25) is 4.79 Å². The quantitative estimate of drug-likeness (QED) is 0.603.